The Morgan fingerprint density at radius 1 is 1.69 bits per heavy atom. The van der Waals surface area contributed by atoms with Gasteiger partial charge in [0, 0.05) is 12.4 Å². The molecular formula is C6H10N2O3S2. The van der Waals surface area contributed by atoms with Gasteiger partial charge in [-0.2, -0.15) is 8.42 Å². The van der Waals surface area contributed by atoms with E-state index in [0.29, 0.717) is 0 Å². The van der Waals surface area contributed by atoms with E-state index in [1.54, 1.807) is 12.3 Å². The van der Waals surface area contributed by atoms with Crippen molar-refractivity contribution in [2.24, 2.45) is 4.99 Å². The second-order valence-electron chi connectivity index (χ2n) is 2.47. The molecule has 1 aliphatic rings. The molecule has 0 saturated heterocycles. The first-order valence-corrected chi connectivity index (χ1v) is 5.49. The van der Waals surface area contributed by atoms with Gasteiger partial charge in [-0.1, -0.05) is 0 Å². The lowest BCUT2D eigenvalue weighted by atomic mass is 10.5. The second kappa shape index (κ2) is 3.69. The van der Waals surface area contributed by atoms with Crippen LogP contribution < -0.4 is 5.32 Å². The summed E-state index contributed by atoms with van der Waals surface area (Å²) in [6, 6.07) is 0. The van der Waals surface area contributed by atoms with Gasteiger partial charge in [0.05, 0.1) is 7.11 Å². The van der Waals surface area contributed by atoms with Crippen LogP contribution in [0.15, 0.2) is 17.3 Å². The molecule has 0 aromatic rings. The van der Waals surface area contributed by atoms with Crippen molar-refractivity contribution in [3.63, 3.8) is 0 Å². The van der Waals surface area contributed by atoms with Gasteiger partial charge in [0.15, 0.2) is 4.99 Å². The Morgan fingerprint density at radius 2 is 2.38 bits per heavy atom. The SMILES string of the molecule is COS(=O)(=O)CC1(S)N=CC=CN1. The highest BCUT2D eigenvalue weighted by molar-refractivity contribution is 7.89. The van der Waals surface area contributed by atoms with Crippen molar-refractivity contribution < 1.29 is 12.6 Å². The molecule has 5 nitrogen and oxygen atoms in total. The van der Waals surface area contributed by atoms with Crippen molar-refractivity contribution >= 4 is 29.0 Å². The van der Waals surface area contributed by atoms with Gasteiger partial charge in [-0.25, -0.2) is 0 Å². The molecule has 0 radical (unpaired) electrons. The normalized spacial score (nSPS) is 27.2. The van der Waals surface area contributed by atoms with E-state index < -0.39 is 15.1 Å². The molecule has 0 spiro atoms. The van der Waals surface area contributed by atoms with Crippen LogP contribution in [0.1, 0.15) is 0 Å². The third-order valence-electron chi connectivity index (χ3n) is 1.42. The first-order chi connectivity index (χ1) is 5.97. The highest BCUT2D eigenvalue weighted by Gasteiger charge is 2.30. The number of hydrogen-bond donors (Lipinski definition) is 2. The van der Waals surface area contributed by atoms with Crippen molar-refractivity contribution in [1.82, 2.24) is 5.32 Å². The highest BCUT2D eigenvalue weighted by Crippen LogP contribution is 2.17. The Hall–Kier alpha value is -0.530. The van der Waals surface area contributed by atoms with Crippen molar-refractivity contribution in [3.05, 3.63) is 12.3 Å². The molecule has 1 aliphatic heterocycles. The van der Waals surface area contributed by atoms with Gasteiger partial charge >= 0.3 is 0 Å². The molecular weight excluding hydrogens is 212 g/mol. The minimum atomic E-state index is -3.56. The number of allylic oxidation sites excluding steroid dienone is 1. The lowest BCUT2D eigenvalue weighted by Gasteiger charge is -2.25. The lowest BCUT2D eigenvalue weighted by molar-refractivity contribution is 0.390. The fraction of sp³-hybridized carbons (Fsp3) is 0.500. The van der Waals surface area contributed by atoms with Crippen LogP contribution in [0.5, 0.6) is 0 Å². The fourth-order valence-corrected chi connectivity index (χ4v) is 2.20. The molecule has 0 saturated carbocycles. The molecule has 7 heteroatoms. The van der Waals surface area contributed by atoms with E-state index in [-0.39, 0.29) is 5.75 Å². The van der Waals surface area contributed by atoms with Gasteiger partial charge in [-0.3, -0.25) is 9.18 Å². The molecule has 0 aromatic carbocycles. The molecule has 1 atom stereocenters. The summed E-state index contributed by atoms with van der Waals surface area (Å²) in [5, 5.41) is 2.71. The topological polar surface area (TPSA) is 67.8 Å². The zero-order chi connectivity index (χ0) is 9.95. The van der Waals surface area contributed by atoms with E-state index in [0.717, 1.165) is 7.11 Å². The van der Waals surface area contributed by atoms with Crippen molar-refractivity contribution in [2.75, 3.05) is 12.9 Å². The van der Waals surface area contributed by atoms with Gasteiger partial charge < -0.3 is 5.32 Å². The number of hydrogen-bond acceptors (Lipinski definition) is 6. The molecule has 0 amide bonds. The summed E-state index contributed by atoms with van der Waals surface area (Å²) in [5.41, 5.74) is 0. The van der Waals surface area contributed by atoms with Gasteiger partial charge in [0.25, 0.3) is 10.1 Å². The predicted octanol–water partition coefficient (Wildman–Crippen LogP) is -0.266. The van der Waals surface area contributed by atoms with Crippen LogP contribution in [0.4, 0.5) is 0 Å². The van der Waals surface area contributed by atoms with E-state index in [9.17, 15) is 8.42 Å². The van der Waals surface area contributed by atoms with Gasteiger partial charge in [-0.05, 0) is 6.08 Å². The van der Waals surface area contributed by atoms with Crippen LogP contribution in [0.3, 0.4) is 0 Å². The smallest absolute Gasteiger partial charge is 0.272 e. The Morgan fingerprint density at radius 3 is 2.85 bits per heavy atom. The Bertz CT molecular complexity index is 336. The monoisotopic (exact) mass is 222 g/mol. The molecule has 1 heterocycles. The summed E-state index contributed by atoms with van der Waals surface area (Å²) in [6.45, 7) is 0. The van der Waals surface area contributed by atoms with Crippen LogP contribution in [0, 0.1) is 0 Å². The third kappa shape index (κ3) is 3.02. The zero-order valence-corrected chi connectivity index (χ0v) is 8.68. The Balaban J connectivity index is 2.74. The second-order valence-corrected chi connectivity index (χ2v) is 4.94. The number of rotatable bonds is 3. The summed E-state index contributed by atoms with van der Waals surface area (Å²) < 4.78 is 26.4. The number of nitrogens with zero attached hydrogens (tertiary/aromatic N) is 1. The average molecular weight is 222 g/mol. The summed E-state index contributed by atoms with van der Waals surface area (Å²) >= 11 is 4.08. The maximum absolute atomic E-state index is 11.1. The fourth-order valence-electron chi connectivity index (χ4n) is 0.813. The molecule has 0 aromatic heterocycles. The van der Waals surface area contributed by atoms with Crippen molar-refractivity contribution in [3.8, 4) is 0 Å². The van der Waals surface area contributed by atoms with E-state index in [1.807, 2.05) is 0 Å². The quantitative estimate of drug-likeness (QED) is 0.510. The molecule has 0 fully saturated rings. The number of nitrogens with one attached hydrogen (secondary N) is 1. The van der Waals surface area contributed by atoms with Crippen LogP contribution in [-0.4, -0.2) is 32.5 Å². The van der Waals surface area contributed by atoms with Gasteiger partial charge in [-0.15, -0.1) is 12.6 Å². The minimum absolute atomic E-state index is 0.319. The van der Waals surface area contributed by atoms with Crippen LogP contribution in [0.2, 0.25) is 0 Å². The first-order valence-electron chi connectivity index (χ1n) is 3.46. The third-order valence-corrected chi connectivity index (χ3v) is 3.31. The van der Waals surface area contributed by atoms with Gasteiger partial charge in [0.2, 0.25) is 0 Å². The molecule has 13 heavy (non-hydrogen) atoms. The molecule has 1 unspecified atom stereocenters. The first kappa shape index (κ1) is 10.6. The van der Waals surface area contributed by atoms with Crippen molar-refractivity contribution in [2.45, 2.75) is 4.99 Å². The van der Waals surface area contributed by atoms with E-state index in [1.165, 1.54) is 6.21 Å². The summed E-state index contributed by atoms with van der Waals surface area (Å²) in [7, 11) is -2.46. The number of thiol groups is 1. The molecule has 74 valence electrons. The van der Waals surface area contributed by atoms with Crippen LogP contribution in [0.25, 0.3) is 0 Å². The maximum Gasteiger partial charge on any atom is 0.272 e. The molecule has 1 rings (SSSR count). The van der Waals surface area contributed by atoms with E-state index >= 15 is 0 Å². The molecule has 1 N–H and O–H groups in total. The lowest BCUT2D eigenvalue weighted by Crippen LogP contribution is -2.42. The number of aliphatic imine (C=N–C) groups is 1. The zero-order valence-electron chi connectivity index (χ0n) is 6.97. The summed E-state index contributed by atoms with van der Waals surface area (Å²) in [5.74, 6) is -0.319. The van der Waals surface area contributed by atoms with Gasteiger partial charge in [0.1, 0.15) is 5.75 Å². The summed E-state index contributed by atoms with van der Waals surface area (Å²) in [4.78, 5) is 2.76. The van der Waals surface area contributed by atoms with Crippen LogP contribution in [-0.2, 0) is 14.3 Å². The Labute approximate surface area is 82.4 Å². The highest BCUT2D eigenvalue weighted by atomic mass is 32.2. The average Bonchev–Trinajstić information content (AvgIpc) is 2.04. The molecule has 0 bridgehead atoms. The maximum atomic E-state index is 11.1. The van der Waals surface area contributed by atoms with E-state index in [4.69, 9.17) is 0 Å². The minimum Gasteiger partial charge on any atom is -0.358 e. The van der Waals surface area contributed by atoms with E-state index in [2.05, 4.69) is 27.1 Å². The van der Waals surface area contributed by atoms with Crippen molar-refractivity contribution in [1.29, 1.82) is 0 Å². The Kier molecular flexibility index (Phi) is 2.99. The largest absolute Gasteiger partial charge is 0.358 e. The standard InChI is InChI=1S/C6H10N2O3S2/c1-11-13(9,10)5-6(12)7-3-2-4-8-6/h2-4,7,12H,5H2,1H3. The van der Waals surface area contributed by atoms with Crippen LogP contribution >= 0.6 is 12.6 Å². The molecule has 0 aliphatic carbocycles. The summed E-state index contributed by atoms with van der Waals surface area (Å²) in [6.07, 6.45) is 4.70. The predicted molar refractivity (Wildman–Crippen MR) is 53.3 cm³/mol.